The van der Waals surface area contributed by atoms with Gasteiger partial charge in [0.15, 0.2) is 6.29 Å². The van der Waals surface area contributed by atoms with Crippen LogP contribution in [0.25, 0.3) is 0 Å². The quantitative estimate of drug-likeness (QED) is 0.509. The smallest absolute Gasteiger partial charge is 0.317 e. The molecule has 3 amide bonds. The molecule has 2 atom stereocenters. The maximum atomic E-state index is 12.5. The summed E-state index contributed by atoms with van der Waals surface area (Å²) in [4.78, 5) is 32.0. The zero-order valence-electron chi connectivity index (χ0n) is 16.6. The van der Waals surface area contributed by atoms with Gasteiger partial charge >= 0.3 is 6.03 Å². The lowest BCUT2D eigenvalue weighted by atomic mass is 9.86. The molecule has 3 aliphatic rings. The van der Waals surface area contributed by atoms with E-state index in [0.717, 1.165) is 37.7 Å². The summed E-state index contributed by atoms with van der Waals surface area (Å²) >= 11 is 0. The molecule has 28 heavy (non-hydrogen) atoms. The SMILES string of the molecule is COCCCNC(=O)N1CCC2=C(CC(C(=O)NOC3CCCCO3)C=C2)C1. The minimum Gasteiger partial charge on any atom is -0.385 e. The molecule has 1 aliphatic carbocycles. The van der Waals surface area contributed by atoms with Gasteiger partial charge in [0.25, 0.3) is 5.91 Å². The fraction of sp³-hybridized carbons (Fsp3) is 0.700. The van der Waals surface area contributed by atoms with E-state index in [-0.39, 0.29) is 24.1 Å². The van der Waals surface area contributed by atoms with Crippen LogP contribution in [-0.4, -0.2) is 63.1 Å². The number of methoxy groups -OCH3 is 1. The molecule has 8 nitrogen and oxygen atoms in total. The minimum absolute atomic E-state index is 0.0593. The number of nitrogens with one attached hydrogen (secondary N) is 2. The Morgan fingerprint density at radius 1 is 1.36 bits per heavy atom. The number of ether oxygens (including phenoxy) is 2. The minimum atomic E-state index is -0.355. The Bertz CT molecular complexity index is 613. The Balaban J connectivity index is 1.45. The third kappa shape index (κ3) is 5.80. The van der Waals surface area contributed by atoms with Crippen molar-refractivity contribution in [3.8, 4) is 0 Å². The Morgan fingerprint density at radius 2 is 2.25 bits per heavy atom. The number of allylic oxidation sites excluding steroid dienone is 1. The summed E-state index contributed by atoms with van der Waals surface area (Å²) in [5.41, 5.74) is 4.94. The number of carbonyl (C=O) groups excluding carboxylic acids is 2. The zero-order valence-corrected chi connectivity index (χ0v) is 16.6. The average molecular weight is 393 g/mol. The first-order valence-electron chi connectivity index (χ1n) is 10.2. The summed E-state index contributed by atoms with van der Waals surface area (Å²) in [5, 5.41) is 2.93. The number of urea groups is 1. The van der Waals surface area contributed by atoms with Crippen LogP contribution in [0.2, 0.25) is 0 Å². The summed E-state index contributed by atoms with van der Waals surface area (Å²) in [6.45, 7) is 3.15. The van der Waals surface area contributed by atoms with Gasteiger partial charge in [0.05, 0.1) is 5.92 Å². The van der Waals surface area contributed by atoms with Crippen LogP contribution in [0.3, 0.4) is 0 Å². The lowest BCUT2D eigenvalue weighted by Crippen LogP contribution is -2.45. The van der Waals surface area contributed by atoms with Crippen molar-refractivity contribution in [1.82, 2.24) is 15.7 Å². The third-order valence-electron chi connectivity index (χ3n) is 5.34. The normalized spacial score (nSPS) is 24.7. The van der Waals surface area contributed by atoms with Crippen LogP contribution in [0.15, 0.2) is 23.3 Å². The van der Waals surface area contributed by atoms with Gasteiger partial charge in [-0.25, -0.2) is 15.1 Å². The summed E-state index contributed by atoms with van der Waals surface area (Å²) in [7, 11) is 1.65. The van der Waals surface area contributed by atoms with Crippen molar-refractivity contribution in [2.45, 2.75) is 44.8 Å². The second-order valence-corrected chi connectivity index (χ2v) is 7.43. The molecule has 0 radical (unpaired) electrons. The van der Waals surface area contributed by atoms with Gasteiger partial charge in [0, 0.05) is 46.4 Å². The zero-order chi connectivity index (χ0) is 19.8. The number of hydrogen-bond acceptors (Lipinski definition) is 5. The van der Waals surface area contributed by atoms with E-state index < -0.39 is 0 Å². The molecule has 2 unspecified atom stereocenters. The highest BCUT2D eigenvalue weighted by atomic mass is 16.8. The van der Waals surface area contributed by atoms with Crippen molar-refractivity contribution in [2.24, 2.45) is 5.92 Å². The molecular formula is C20H31N3O5. The fourth-order valence-electron chi connectivity index (χ4n) is 3.69. The summed E-state index contributed by atoms with van der Waals surface area (Å²) in [6, 6.07) is -0.0593. The van der Waals surface area contributed by atoms with E-state index in [2.05, 4.69) is 10.8 Å². The number of hydroxylamine groups is 1. The first-order chi connectivity index (χ1) is 13.7. The topological polar surface area (TPSA) is 89.1 Å². The van der Waals surface area contributed by atoms with Crippen LogP contribution >= 0.6 is 0 Å². The number of nitrogens with zero attached hydrogens (tertiary/aromatic N) is 1. The maximum Gasteiger partial charge on any atom is 0.317 e. The van der Waals surface area contributed by atoms with Crippen LogP contribution < -0.4 is 10.8 Å². The first-order valence-corrected chi connectivity index (χ1v) is 10.2. The lowest BCUT2D eigenvalue weighted by Gasteiger charge is -2.33. The van der Waals surface area contributed by atoms with Crippen molar-refractivity contribution in [1.29, 1.82) is 0 Å². The molecular weight excluding hydrogens is 362 g/mol. The molecule has 2 aliphatic heterocycles. The van der Waals surface area contributed by atoms with Crippen LogP contribution in [-0.2, 0) is 19.1 Å². The molecule has 0 spiro atoms. The molecule has 0 aromatic heterocycles. The molecule has 1 saturated heterocycles. The number of hydrogen-bond donors (Lipinski definition) is 2. The molecule has 0 saturated carbocycles. The van der Waals surface area contributed by atoms with Crippen LogP contribution in [0.5, 0.6) is 0 Å². The van der Waals surface area contributed by atoms with E-state index in [1.807, 2.05) is 17.1 Å². The average Bonchev–Trinajstić information content (AvgIpc) is 2.74. The fourth-order valence-corrected chi connectivity index (χ4v) is 3.69. The van der Waals surface area contributed by atoms with E-state index >= 15 is 0 Å². The second kappa shape index (κ2) is 10.6. The largest absolute Gasteiger partial charge is 0.385 e. The highest BCUT2D eigenvalue weighted by molar-refractivity contribution is 5.80. The monoisotopic (exact) mass is 393 g/mol. The molecule has 0 aromatic rings. The lowest BCUT2D eigenvalue weighted by molar-refractivity contribution is -0.201. The molecule has 0 bridgehead atoms. The Labute approximate surface area is 166 Å². The highest BCUT2D eigenvalue weighted by Gasteiger charge is 2.28. The number of amides is 3. The van der Waals surface area contributed by atoms with Gasteiger partial charge < -0.3 is 19.7 Å². The summed E-state index contributed by atoms with van der Waals surface area (Å²) < 4.78 is 10.5. The molecule has 156 valence electrons. The highest BCUT2D eigenvalue weighted by Crippen LogP contribution is 2.30. The van der Waals surface area contributed by atoms with Gasteiger partial charge in [-0.1, -0.05) is 12.2 Å². The van der Waals surface area contributed by atoms with Gasteiger partial charge in [-0.2, -0.15) is 0 Å². The molecule has 2 heterocycles. The van der Waals surface area contributed by atoms with E-state index in [9.17, 15) is 9.59 Å². The molecule has 0 aromatic carbocycles. The summed E-state index contributed by atoms with van der Waals surface area (Å²) in [6.07, 6.45) is 8.69. The third-order valence-corrected chi connectivity index (χ3v) is 5.34. The van der Waals surface area contributed by atoms with Gasteiger partial charge in [-0.3, -0.25) is 4.79 Å². The van der Waals surface area contributed by atoms with Gasteiger partial charge in [-0.05, 0) is 43.3 Å². The summed E-state index contributed by atoms with van der Waals surface area (Å²) in [5.74, 6) is -0.454. The van der Waals surface area contributed by atoms with E-state index in [1.165, 1.54) is 5.57 Å². The predicted octanol–water partition coefficient (Wildman–Crippen LogP) is 1.89. The van der Waals surface area contributed by atoms with Crippen LogP contribution in [0.1, 0.15) is 38.5 Å². The van der Waals surface area contributed by atoms with Crippen molar-refractivity contribution in [2.75, 3.05) is 40.0 Å². The van der Waals surface area contributed by atoms with E-state index in [1.54, 1.807) is 7.11 Å². The molecule has 1 fully saturated rings. The van der Waals surface area contributed by atoms with Gasteiger partial charge in [0.1, 0.15) is 0 Å². The van der Waals surface area contributed by atoms with Gasteiger partial charge in [0.2, 0.25) is 0 Å². The van der Waals surface area contributed by atoms with Crippen LogP contribution in [0, 0.1) is 5.92 Å². The second-order valence-electron chi connectivity index (χ2n) is 7.43. The Morgan fingerprint density at radius 3 is 3.04 bits per heavy atom. The Hall–Kier alpha value is -1.90. The van der Waals surface area contributed by atoms with Crippen molar-refractivity contribution in [3.63, 3.8) is 0 Å². The van der Waals surface area contributed by atoms with Crippen molar-refractivity contribution >= 4 is 11.9 Å². The molecule has 2 N–H and O–H groups in total. The van der Waals surface area contributed by atoms with Crippen LogP contribution in [0.4, 0.5) is 4.79 Å². The first kappa shape index (κ1) is 20.8. The van der Waals surface area contributed by atoms with Crippen molar-refractivity contribution < 1.29 is 23.9 Å². The van der Waals surface area contributed by atoms with Crippen molar-refractivity contribution in [3.05, 3.63) is 23.3 Å². The maximum absolute atomic E-state index is 12.5. The standard InChI is InChI=1S/C20H31N3O5/c1-26-11-4-9-21-20(25)23-10-8-15-6-7-16(13-17(15)14-23)19(24)22-28-18-5-2-3-12-27-18/h6-7,16,18H,2-5,8-14H2,1H3,(H,21,25)(H,22,24). The predicted molar refractivity (Wildman–Crippen MR) is 103 cm³/mol. The Kier molecular flexibility index (Phi) is 7.88. The van der Waals surface area contributed by atoms with Gasteiger partial charge in [-0.15, -0.1) is 0 Å². The van der Waals surface area contributed by atoms with E-state index in [0.29, 0.717) is 39.3 Å². The number of carbonyl (C=O) groups is 2. The number of rotatable bonds is 7. The van der Waals surface area contributed by atoms with E-state index in [4.69, 9.17) is 14.3 Å². The molecule has 8 heteroatoms. The molecule has 3 rings (SSSR count).